The van der Waals surface area contributed by atoms with Gasteiger partial charge in [0.2, 0.25) is 0 Å². The van der Waals surface area contributed by atoms with Gasteiger partial charge in [0.1, 0.15) is 0 Å². The average molecular weight is 129 g/mol. The Morgan fingerprint density at radius 3 is 2.56 bits per heavy atom. The maximum Gasteiger partial charge on any atom is 0.0434 e. The molecule has 1 aliphatic rings. The van der Waals surface area contributed by atoms with E-state index < -0.39 is 0 Å². The highest BCUT2D eigenvalue weighted by molar-refractivity contribution is 4.81. The zero-order valence-electron chi connectivity index (χ0n) is 5.71. The van der Waals surface area contributed by atoms with Gasteiger partial charge in [0.05, 0.1) is 0 Å². The molecule has 0 heterocycles. The molecule has 2 heteroatoms. The molecule has 54 valence electrons. The molecule has 1 rings (SSSR count). The lowest BCUT2D eigenvalue weighted by molar-refractivity contribution is 0.249. The fraction of sp³-hybridized carbons (Fsp3) is 1.00. The van der Waals surface area contributed by atoms with Gasteiger partial charge in [0.25, 0.3) is 0 Å². The van der Waals surface area contributed by atoms with Crippen LogP contribution in [0.5, 0.6) is 0 Å². The second-order valence-electron chi connectivity index (χ2n) is 2.85. The topological polar surface area (TPSA) is 46.2 Å². The van der Waals surface area contributed by atoms with E-state index >= 15 is 0 Å². The summed E-state index contributed by atoms with van der Waals surface area (Å²) in [6, 6.07) is 0. The van der Waals surface area contributed by atoms with Crippen molar-refractivity contribution >= 4 is 0 Å². The van der Waals surface area contributed by atoms with Crippen LogP contribution in [0, 0.1) is 11.8 Å². The second kappa shape index (κ2) is 3.18. The third-order valence-electron chi connectivity index (χ3n) is 2.09. The van der Waals surface area contributed by atoms with Crippen LogP contribution in [0.2, 0.25) is 0 Å². The van der Waals surface area contributed by atoms with Gasteiger partial charge in [-0.1, -0.05) is 0 Å². The third kappa shape index (κ3) is 1.95. The molecule has 2 nitrogen and oxygen atoms in total. The van der Waals surface area contributed by atoms with Crippen LogP contribution in [0.3, 0.4) is 0 Å². The standard InChI is InChI=1S/C7H15NO/c8-5-7(3-4-9)6-1-2-6/h6-7,9H,1-5,8H2. The molecule has 0 bridgehead atoms. The van der Waals surface area contributed by atoms with Crippen molar-refractivity contribution < 1.29 is 5.11 Å². The first-order chi connectivity index (χ1) is 4.38. The van der Waals surface area contributed by atoms with Gasteiger partial charge in [-0.3, -0.25) is 0 Å². The Kier molecular flexibility index (Phi) is 2.49. The molecule has 0 aromatic rings. The largest absolute Gasteiger partial charge is 0.396 e. The normalized spacial score (nSPS) is 22.0. The van der Waals surface area contributed by atoms with Crippen molar-refractivity contribution in [2.75, 3.05) is 13.2 Å². The molecule has 0 radical (unpaired) electrons. The summed E-state index contributed by atoms with van der Waals surface area (Å²) >= 11 is 0. The van der Waals surface area contributed by atoms with Gasteiger partial charge in [-0.25, -0.2) is 0 Å². The molecule has 1 saturated carbocycles. The zero-order valence-corrected chi connectivity index (χ0v) is 5.71. The smallest absolute Gasteiger partial charge is 0.0434 e. The first kappa shape index (κ1) is 7.03. The van der Waals surface area contributed by atoms with Crippen LogP contribution >= 0.6 is 0 Å². The van der Waals surface area contributed by atoms with Gasteiger partial charge in [0, 0.05) is 6.61 Å². The van der Waals surface area contributed by atoms with Crippen LogP contribution in [-0.4, -0.2) is 18.3 Å². The number of aliphatic hydroxyl groups excluding tert-OH is 1. The predicted molar refractivity (Wildman–Crippen MR) is 37.0 cm³/mol. The van der Waals surface area contributed by atoms with E-state index in [4.69, 9.17) is 10.8 Å². The number of aliphatic hydroxyl groups is 1. The number of hydrogen-bond donors (Lipinski definition) is 2. The minimum absolute atomic E-state index is 0.304. The Morgan fingerprint density at radius 2 is 2.22 bits per heavy atom. The second-order valence-corrected chi connectivity index (χ2v) is 2.85. The van der Waals surface area contributed by atoms with E-state index in [2.05, 4.69) is 0 Å². The molecule has 0 spiro atoms. The number of rotatable bonds is 4. The van der Waals surface area contributed by atoms with Gasteiger partial charge in [-0.15, -0.1) is 0 Å². The summed E-state index contributed by atoms with van der Waals surface area (Å²) in [5.74, 6) is 1.46. The summed E-state index contributed by atoms with van der Waals surface area (Å²) in [5, 5.41) is 8.59. The molecule has 1 fully saturated rings. The van der Waals surface area contributed by atoms with E-state index in [-0.39, 0.29) is 0 Å². The fourth-order valence-electron chi connectivity index (χ4n) is 1.28. The molecule has 1 aliphatic carbocycles. The summed E-state index contributed by atoms with van der Waals surface area (Å²) < 4.78 is 0. The molecule has 9 heavy (non-hydrogen) atoms. The lowest BCUT2D eigenvalue weighted by atomic mass is 10.0. The van der Waals surface area contributed by atoms with Crippen LogP contribution in [0.1, 0.15) is 19.3 Å². The summed E-state index contributed by atoms with van der Waals surface area (Å²) in [5.41, 5.74) is 5.49. The number of hydrogen-bond acceptors (Lipinski definition) is 2. The van der Waals surface area contributed by atoms with Gasteiger partial charge in [0.15, 0.2) is 0 Å². The van der Waals surface area contributed by atoms with Crippen molar-refractivity contribution in [1.82, 2.24) is 0 Å². The monoisotopic (exact) mass is 129 g/mol. The van der Waals surface area contributed by atoms with Crippen LogP contribution < -0.4 is 5.73 Å². The molecule has 0 aromatic heterocycles. The molecular weight excluding hydrogens is 114 g/mol. The highest BCUT2D eigenvalue weighted by atomic mass is 16.3. The molecule has 0 amide bonds. The molecule has 0 saturated heterocycles. The summed E-state index contributed by atoms with van der Waals surface area (Å²) in [6.07, 6.45) is 3.57. The highest BCUT2D eigenvalue weighted by Gasteiger charge is 2.29. The van der Waals surface area contributed by atoms with Gasteiger partial charge in [-0.2, -0.15) is 0 Å². The maximum absolute atomic E-state index is 8.59. The first-order valence-corrected chi connectivity index (χ1v) is 3.69. The Morgan fingerprint density at radius 1 is 1.56 bits per heavy atom. The Labute approximate surface area is 56.1 Å². The van der Waals surface area contributed by atoms with Crippen LogP contribution in [0.4, 0.5) is 0 Å². The minimum atomic E-state index is 0.304. The quantitative estimate of drug-likeness (QED) is 0.575. The van der Waals surface area contributed by atoms with E-state index in [1.807, 2.05) is 0 Å². The van der Waals surface area contributed by atoms with Gasteiger partial charge < -0.3 is 10.8 Å². The van der Waals surface area contributed by atoms with Crippen LogP contribution in [-0.2, 0) is 0 Å². The number of nitrogens with two attached hydrogens (primary N) is 1. The van der Waals surface area contributed by atoms with E-state index in [0.29, 0.717) is 12.5 Å². The molecule has 0 aromatic carbocycles. The third-order valence-corrected chi connectivity index (χ3v) is 2.09. The molecule has 1 unspecified atom stereocenters. The van der Waals surface area contributed by atoms with Crippen LogP contribution in [0.15, 0.2) is 0 Å². The molecular formula is C7H15NO. The van der Waals surface area contributed by atoms with Crippen LogP contribution in [0.25, 0.3) is 0 Å². The summed E-state index contributed by atoms with van der Waals surface area (Å²) in [6.45, 7) is 1.06. The Balaban J connectivity index is 2.12. The van der Waals surface area contributed by atoms with Crippen molar-refractivity contribution in [3.63, 3.8) is 0 Å². The zero-order chi connectivity index (χ0) is 6.69. The maximum atomic E-state index is 8.59. The van der Waals surface area contributed by atoms with E-state index in [0.717, 1.165) is 18.9 Å². The molecule has 3 N–H and O–H groups in total. The lowest BCUT2D eigenvalue weighted by Crippen LogP contribution is -2.17. The van der Waals surface area contributed by atoms with Crippen molar-refractivity contribution in [3.05, 3.63) is 0 Å². The van der Waals surface area contributed by atoms with E-state index in [9.17, 15) is 0 Å². The van der Waals surface area contributed by atoms with E-state index in [1.54, 1.807) is 0 Å². The Bertz CT molecular complexity index is 81.0. The van der Waals surface area contributed by atoms with Crippen molar-refractivity contribution in [3.8, 4) is 0 Å². The summed E-state index contributed by atoms with van der Waals surface area (Å²) in [4.78, 5) is 0. The Hall–Kier alpha value is -0.0800. The molecule has 1 atom stereocenters. The van der Waals surface area contributed by atoms with E-state index in [1.165, 1.54) is 12.8 Å². The van der Waals surface area contributed by atoms with Crippen molar-refractivity contribution in [2.24, 2.45) is 17.6 Å². The SMILES string of the molecule is NCC(CCO)C1CC1. The fourth-order valence-corrected chi connectivity index (χ4v) is 1.28. The predicted octanol–water partition coefficient (Wildman–Crippen LogP) is 0.354. The molecule has 0 aliphatic heterocycles. The van der Waals surface area contributed by atoms with Crippen molar-refractivity contribution in [1.29, 1.82) is 0 Å². The lowest BCUT2D eigenvalue weighted by Gasteiger charge is -2.09. The highest BCUT2D eigenvalue weighted by Crippen LogP contribution is 2.37. The summed E-state index contributed by atoms with van der Waals surface area (Å²) in [7, 11) is 0. The van der Waals surface area contributed by atoms with Gasteiger partial charge >= 0.3 is 0 Å². The minimum Gasteiger partial charge on any atom is -0.396 e. The average Bonchev–Trinajstić information content (AvgIpc) is 2.64. The first-order valence-electron chi connectivity index (χ1n) is 3.69. The van der Waals surface area contributed by atoms with Crippen molar-refractivity contribution in [2.45, 2.75) is 19.3 Å². The van der Waals surface area contributed by atoms with Gasteiger partial charge in [-0.05, 0) is 37.6 Å².